The average molecular weight is 174 g/mol. The van der Waals surface area contributed by atoms with Gasteiger partial charge in [-0.25, -0.2) is 0 Å². The smallest absolute Gasteiger partial charge is 0.0373 e. The van der Waals surface area contributed by atoms with Crippen LogP contribution in [-0.2, 0) is 10.8 Å². The second kappa shape index (κ2) is 3.70. The zero-order chi connectivity index (χ0) is 8.43. The Hall–Kier alpha value is 0.150. The maximum atomic E-state index is 11.7. The Morgan fingerprint density at radius 2 is 2.00 bits per heavy atom. The Morgan fingerprint density at radius 1 is 1.36 bits per heavy atom. The highest BCUT2D eigenvalue weighted by Gasteiger charge is 2.28. The Labute approximate surface area is 72.0 Å². The van der Waals surface area contributed by atoms with Gasteiger partial charge in [0, 0.05) is 21.3 Å². The van der Waals surface area contributed by atoms with E-state index in [4.69, 9.17) is 0 Å². The molecule has 0 radical (unpaired) electrons. The lowest BCUT2D eigenvalue weighted by Gasteiger charge is -2.28. The maximum absolute atomic E-state index is 11.7. The van der Waals surface area contributed by atoms with Crippen molar-refractivity contribution in [2.24, 2.45) is 5.92 Å². The minimum absolute atomic E-state index is 0.441. The van der Waals surface area contributed by atoms with Crippen molar-refractivity contribution in [3.05, 3.63) is 0 Å². The molecule has 0 aliphatic carbocycles. The van der Waals surface area contributed by atoms with Crippen LogP contribution >= 0.6 is 0 Å². The Kier molecular flexibility index (Phi) is 3.11. The molecule has 0 saturated carbocycles. The van der Waals surface area contributed by atoms with Gasteiger partial charge in [0.05, 0.1) is 0 Å². The molecular weight excluding hydrogens is 156 g/mol. The number of hydrogen-bond acceptors (Lipinski definition) is 1. The van der Waals surface area contributed by atoms with Crippen molar-refractivity contribution in [1.29, 1.82) is 0 Å². The van der Waals surface area contributed by atoms with Gasteiger partial charge >= 0.3 is 0 Å². The van der Waals surface area contributed by atoms with E-state index in [1.54, 1.807) is 0 Å². The van der Waals surface area contributed by atoms with Crippen LogP contribution in [0.25, 0.3) is 0 Å². The van der Waals surface area contributed by atoms with Gasteiger partial charge in [0.15, 0.2) is 0 Å². The van der Waals surface area contributed by atoms with E-state index < -0.39 is 10.8 Å². The standard InChI is InChI=1S/C9H18OS/c1-7(2)9-6-4-5-8(3)11(9)10/h7-9H,4-6H2,1-3H3/t8-,9?,11?/m0/s1. The number of rotatable bonds is 1. The first-order valence-corrected chi connectivity index (χ1v) is 5.80. The van der Waals surface area contributed by atoms with Crippen LogP contribution < -0.4 is 0 Å². The fourth-order valence-electron chi connectivity index (χ4n) is 1.74. The topological polar surface area (TPSA) is 17.1 Å². The summed E-state index contributed by atoms with van der Waals surface area (Å²) in [6.45, 7) is 6.48. The second-order valence-electron chi connectivity index (χ2n) is 3.85. The predicted molar refractivity (Wildman–Crippen MR) is 50.1 cm³/mol. The first-order chi connectivity index (χ1) is 5.13. The Bertz CT molecular complexity index is 154. The van der Waals surface area contributed by atoms with E-state index in [1.807, 2.05) is 0 Å². The highest BCUT2D eigenvalue weighted by molar-refractivity contribution is 7.86. The van der Waals surface area contributed by atoms with Crippen LogP contribution in [0.1, 0.15) is 40.0 Å². The fourth-order valence-corrected chi connectivity index (χ4v) is 3.67. The lowest BCUT2D eigenvalue weighted by molar-refractivity contribution is 0.495. The van der Waals surface area contributed by atoms with E-state index in [2.05, 4.69) is 20.8 Å². The monoisotopic (exact) mass is 174 g/mol. The molecule has 0 amide bonds. The van der Waals surface area contributed by atoms with Crippen LogP contribution in [0.5, 0.6) is 0 Å². The van der Waals surface area contributed by atoms with Crippen LogP contribution in [-0.4, -0.2) is 14.7 Å². The summed E-state index contributed by atoms with van der Waals surface area (Å²) in [5.41, 5.74) is 0. The molecule has 0 aromatic heterocycles. The van der Waals surface area contributed by atoms with E-state index >= 15 is 0 Å². The molecule has 1 rings (SSSR count). The molecule has 1 heterocycles. The van der Waals surface area contributed by atoms with Crippen molar-refractivity contribution < 1.29 is 4.21 Å². The van der Waals surface area contributed by atoms with E-state index in [-0.39, 0.29) is 0 Å². The zero-order valence-electron chi connectivity index (χ0n) is 7.67. The Balaban J connectivity index is 2.58. The minimum Gasteiger partial charge on any atom is -0.259 e. The lowest BCUT2D eigenvalue weighted by atomic mass is 10.0. The van der Waals surface area contributed by atoms with Crippen LogP contribution in [0.3, 0.4) is 0 Å². The van der Waals surface area contributed by atoms with Gasteiger partial charge in [-0.3, -0.25) is 4.21 Å². The van der Waals surface area contributed by atoms with E-state index in [0.29, 0.717) is 16.4 Å². The third kappa shape index (κ3) is 2.05. The van der Waals surface area contributed by atoms with Crippen molar-refractivity contribution in [1.82, 2.24) is 0 Å². The van der Waals surface area contributed by atoms with Crippen molar-refractivity contribution in [3.63, 3.8) is 0 Å². The molecule has 0 aromatic rings. The van der Waals surface area contributed by atoms with Gasteiger partial charge in [-0.05, 0) is 18.8 Å². The highest BCUT2D eigenvalue weighted by atomic mass is 32.2. The van der Waals surface area contributed by atoms with Crippen LogP contribution in [0.2, 0.25) is 0 Å². The SMILES string of the molecule is CC(C)C1CCC[C@H](C)S1=O. The van der Waals surface area contributed by atoms with Crippen molar-refractivity contribution >= 4 is 10.8 Å². The summed E-state index contributed by atoms with van der Waals surface area (Å²) in [7, 11) is -0.553. The quantitative estimate of drug-likeness (QED) is 0.596. The average Bonchev–Trinajstić information content (AvgIpc) is 1.94. The Morgan fingerprint density at radius 3 is 2.45 bits per heavy atom. The zero-order valence-corrected chi connectivity index (χ0v) is 8.49. The first-order valence-electron chi connectivity index (χ1n) is 4.52. The van der Waals surface area contributed by atoms with Crippen LogP contribution in [0, 0.1) is 5.92 Å². The molecule has 1 nitrogen and oxygen atoms in total. The van der Waals surface area contributed by atoms with Crippen LogP contribution in [0.15, 0.2) is 0 Å². The third-order valence-electron chi connectivity index (χ3n) is 2.54. The van der Waals surface area contributed by atoms with Gasteiger partial charge < -0.3 is 0 Å². The normalized spacial score (nSPS) is 39.5. The third-order valence-corrected chi connectivity index (χ3v) is 4.94. The molecule has 2 unspecified atom stereocenters. The second-order valence-corrected chi connectivity index (χ2v) is 5.92. The van der Waals surface area contributed by atoms with Crippen molar-refractivity contribution in [2.45, 2.75) is 50.5 Å². The summed E-state index contributed by atoms with van der Waals surface area (Å²) < 4.78 is 11.7. The molecular formula is C9H18OS. The van der Waals surface area contributed by atoms with Crippen molar-refractivity contribution in [2.75, 3.05) is 0 Å². The summed E-state index contributed by atoms with van der Waals surface area (Å²) in [5, 5.41) is 0.912. The largest absolute Gasteiger partial charge is 0.259 e. The van der Waals surface area contributed by atoms with Gasteiger partial charge in [-0.15, -0.1) is 0 Å². The molecule has 1 aliphatic heterocycles. The van der Waals surface area contributed by atoms with Gasteiger partial charge in [0.1, 0.15) is 0 Å². The maximum Gasteiger partial charge on any atom is 0.0373 e. The van der Waals surface area contributed by atoms with Gasteiger partial charge in [0.25, 0.3) is 0 Å². The van der Waals surface area contributed by atoms with Crippen molar-refractivity contribution in [3.8, 4) is 0 Å². The lowest BCUT2D eigenvalue weighted by Crippen LogP contribution is -2.32. The molecule has 1 saturated heterocycles. The summed E-state index contributed by atoms with van der Waals surface area (Å²) in [6.07, 6.45) is 3.61. The predicted octanol–water partition coefficient (Wildman–Crippen LogP) is 2.33. The molecule has 0 spiro atoms. The summed E-state index contributed by atoms with van der Waals surface area (Å²) in [5.74, 6) is 0.596. The molecule has 11 heavy (non-hydrogen) atoms. The van der Waals surface area contributed by atoms with E-state index in [1.165, 1.54) is 12.8 Å². The van der Waals surface area contributed by atoms with Gasteiger partial charge in [-0.1, -0.05) is 27.2 Å². The molecule has 1 aliphatic rings. The number of hydrogen-bond donors (Lipinski definition) is 0. The molecule has 1 fully saturated rings. The molecule has 66 valence electrons. The molecule has 0 N–H and O–H groups in total. The molecule has 2 heteroatoms. The van der Waals surface area contributed by atoms with Gasteiger partial charge in [0.2, 0.25) is 0 Å². The van der Waals surface area contributed by atoms with E-state index in [0.717, 1.165) is 6.42 Å². The van der Waals surface area contributed by atoms with Gasteiger partial charge in [-0.2, -0.15) is 0 Å². The summed E-state index contributed by atoms with van der Waals surface area (Å²) >= 11 is 0. The van der Waals surface area contributed by atoms with Crippen LogP contribution in [0.4, 0.5) is 0 Å². The summed E-state index contributed by atoms with van der Waals surface area (Å²) in [6, 6.07) is 0. The minimum atomic E-state index is -0.553. The first kappa shape index (κ1) is 9.24. The molecule has 0 aromatic carbocycles. The molecule has 3 atom stereocenters. The summed E-state index contributed by atoms with van der Waals surface area (Å²) in [4.78, 5) is 0. The van der Waals surface area contributed by atoms with E-state index in [9.17, 15) is 4.21 Å². The highest BCUT2D eigenvalue weighted by Crippen LogP contribution is 2.26. The molecule has 0 bridgehead atoms. The fraction of sp³-hybridized carbons (Fsp3) is 1.00.